The Labute approximate surface area is 120 Å². The molecule has 1 saturated heterocycles. The van der Waals surface area contributed by atoms with E-state index in [1.54, 1.807) is 11.3 Å². The van der Waals surface area contributed by atoms with E-state index in [0.717, 1.165) is 42.8 Å². The van der Waals surface area contributed by atoms with Gasteiger partial charge in [-0.3, -0.25) is 0 Å². The zero-order valence-electron chi connectivity index (χ0n) is 10.4. The van der Waals surface area contributed by atoms with Gasteiger partial charge in [0.15, 0.2) is 10.9 Å². The molecule has 0 aromatic carbocycles. The minimum absolute atomic E-state index is 0.408. The molecule has 0 radical (unpaired) electrons. The van der Waals surface area contributed by atoms with E-state index in [1.165, 1.54) is 0 Å². The second-order valence-corrected chi connectivity index (χ2v) is 5.45. The molecule has 0 unspecified atom stereocenters. The standard InChI is InChI=1S/C12H14ClN5S/c13-9-10-1-2-11(16-15-10)17-4-6-18(7-5-17)12-14-3-8-19-12/h1-3,8H,4-7,9H2. The Balaban J connectivity index is 1.63. The zero-order valence-corrected chi connectivity index (χ0v) is 11.9. The first-order valence-corrected chi connectivity index (χ1v) is 7.56. The van der Waals surface area contributed by atoms with Gasteiger partial charge >= 0.3 is 0 Å². The van der Waals surface area contributed by atoms with Crippen LogP contribution in [0.25, 0.3) is 0 Å². The van der Waals surface area contributed by atoms with Crippen LogP contribution in [-0.4, -0.2) is 41.4 Å². The van der Waals surface area contributed by atoms with Gasteiger partial charge in [-0.05, 0) is 12.1 Å². The van der Waals surface area contributed by atoms with E-state index >= 15 is 0 Å². The van der Waals surface area contributed by atoms with Crippen molar-refractivity contribution in [2.24, 2.45) is 0 Å². The third kappa shape index (κ3) is 2.79. The van der Waals surface area contributed by atoms with Crippen LogP contribution in [0, 0.1) is 0 Å². The number of halogens is 1. The molecule has 0 atom stereocenters. The molecule has 0 amide bonds. The van der Waals surface area contributed by atoms with E-state index in [4.69, 9.17) is 11.6 Å². The molecule has 7 heteroatoms. The van der Waals surface area contributed by atoms with Crippen LogP contribution in [0.5, 0.6) is 0 Å². The van der Waals surface area contributed by atoms with Gasteiger partial charge < -0.3 is 9.80 Å². The normalized spacial score (nSPS) is 15.8. The molecule has 1 aliphatic rings. The Bertz CT molecular complexity index is 507. The number of aromatic nitrogens is 3. The van der Waals surface area contributed by atoms with Crippen LogP contribution >= 0.6 is 22.9 Å². The summed E-state index contributed by atoms with van der Waals surface area (Å²) in [6, 6.07) is 3.92. The summed E-state index contributed by atoms with van der Waals surface area (Å²) in [7, 11) is 0. The second kappa shape index (κ2) is 5.71. The number of rotatable bonds is 3. The summed E-state index contributed by atoms with van der Waals surface area (Å²) in [5, 5.41) is 11.4. The largest absolute Gasteiger partial charge is 0.352 e. The lowest BCUT2D eigenvalue weighted by Crippen LogP contribution is -2.46. The van der Waals surface area contributed by atoms with Gasteiger partial charge in [0.1, 0.15) is 0 Å². The maximum Gasteiger partial charge on any atom is 0.185 e. The quantitative estimate of drug-likeness (QED) is 0.811. The first-order valence-electron chi connectivity index (χ1n) is 6.15. The molecule has 0 saturated carbocycles. The van der Waals surface area contributed by atoms with Crippen molar-refractivity contribution in [3.05, 3.63) is 29.4 Å². The number of hydrogen-bond donors (Lipinski definition) is 0. The van der Waals surface area contributed by atoms with Gasteiger partial charge in [0.2, 0.25) is 0 Å². The fraction of sp³-hybridized carbons (Fsp3) is 0.417. The molecule has 100 valence electrons. The maximum absolute atomic E-state index is 5.71. The Kier molecular flexibility index (Phi) is 3.79. The predicted octanol–water partition coefficient (Wildman–Crippen LogP) is 2.00. The number of thiazole rings is 1. The molecular formula is C12H14ClN5S. The number of alkyl halides is 1. The summed E-state index contributed by atoms with van der Waals surface area (Å²) >= 11 is 7.40. The highest BCUT2D eigenvalue weighted by molar-refractivity contribution is 7.13. The SMILES string of the molecule is ClCc1ccc(N2CCN(c3nccs3)CC2)nn1. The summed E-state index contributed by atoms with van der Waals surface area (Å²) in [5.41, 5.74) is 0.812. The van der Waals surface area contributed by atoms with Crippen LogP contribution in [0.1, 0.15) is 5.69 Å². The predicted molar refractivity (Wildman–Crippen MR) is 78.1 cm³/mol. The van der Waals surface area contributed by atoms with Gasteiger partial charge in [-0.1, -0.05) is 0 Å². The van der Waals surface area contributed by atoms with Gasteiger partial charge in [-0.2, -0.15) is 5.10 Å². The van der Waals surface area contributed by atoms with Gasteiger partial charge in [-0.15, -0.1) is 28.0 Å². The molecular weight excluding hydrogens is 282 g/mol. The van der Waals surface area contributed by atoms with E-state index in [1.807, 2.05) is 23.7 Å². The fourth-order valence-corrected chi connectivity index (χ4v) is 2.93. The van der Waals surface area contributed by atoms with E-state index in [0.29, 0.717) is 5.88 Å². The molecule has 19 heavy (non-hydrogen) atoms. The Morgan fingerprint density at radius 1 is 1.11 bits per heavy atom. The van der Waals surface area contributed by atoms with Crippen molar-refractivity contribution in [1.29, 1.82) is 0 Å². The third-order valence-electron chi connectivity index (χ3n) is 3.14. The van der Waals surface area contributed by atoms with Crippen LogP contribution < -0.4 is 9.80 Å². The van der Waals surface area contributed by atoms with Crippen molar-refractivity contribution in [2.75, 3.05) is 36.0 Å². The second-order valence-electron chi connectivity index (χ2n) is 4.31. The van der Waals surface area contributed by atoms with Crippen LogP contribution in [0.4, 0.5) is 10.9 Å². The lowest BCUT2D eigenvalue weighted by atomic mass is 10.3. The molecule has 1 fully saturated rings. The number of nitrogens with zero attached hydrogens (tertiary/aromatic N) is 5. The average Bonchev–Trinajstić information content (AvgIpc) is 3.02. The van der Waals surface area contributed by atoms with Crippen LogP contribution in [0.3, 0.4) is 0 Å². The van der Waals surface area contributed by atoms with E-state index in [9.17, 15) is 0 Å². The maximum atomic E-state index is 5.71. The summed E-state index contributed by atoms with van der Waals surface area (Å²) in [6.07, 6.45) is 1.85. The van der Waals surface area contributed by atoms with Gasteiger partial charge in [0, 0.05) is 37.8 Å². The summed E-state index contributed by atoms with van der Waals surface area (Å²) in [4.78, 5) is 8.90. The highest BCUT2D eigenvalue weighted by Gasteiger charge is 2.19. The average molecular weight is 296 g/mol. The van der Waals surface area contributed by atoms with Crippen LogP contribution in [0.15, 0.2) is 23.7 Å². The molecule has 1 aliphatic heterocycles. The van der Waals surface area contributed by atoms with Crippen molar-refractivity contribution >= 4 is 33.9 Å². The molecule has 0 N–H and O–H groups in total. The lowest BCUT2D eigenvalue weighted by molar-refractivity contribution is 0.641. The summed E-state index contributed by atoms with van der Waals surface area (Å²) in [5.74, 6) is 1.33. The lowest BCUT2D eigenvalue weighted by Gasteiger charge is -2.34. The molecule has 2 aromatic rings. The van der Waals surface area contributed by atoms with Crippen molar-refractivity contribution < 1.29 is 0 Å². The van der Waals surface area contributed by atoms with E-state index in [-0.39, 0.29) is 0 Å². The first-order chi connectivity index (χ1) is 9.36. The molecule has 2 aromatic heterocycles. The van der Waals surface area contributed by atoms with Crippen molar-refractivity contribution in [3.8, 4) is 0 Å². The molecule has 0 aliphatic carbocycles. The van der Waals surface area contributed by atoms with Crippen LogP contribution in [0.2, 0.25) is 0 Å². The van der Waals surface area contributed by atoms with Crippen molar-refractivity contribution in [2.45, 2.75) is 5.88 Å². The monoisotopic (exact) mass is 295 g/mol. The first kappa shape index (κ1) is 12.6. The molecule has 3 rings (SSSR count). The topological polar surface area (TPSA) is 45.2 Å². The molecule has 3 heterocycles. The number of piperazine rings is 1. The summed E-state index contributed by atoms with van der Waals surface area (Å²) < 4.78 is 0. The fourth-order valence-electron chi connectivity index (χ4n) is 2.09. The molecule has 5 nitrogen and oxygen atoms in total. The molecule has 0 spiro atoms. The van der Waals surface area contributed by atoms with Gasteiger partial charge in [0.25, 0.3) is 0 Å². The van der Waals surface area contributed by atoms with Gasteiger partial charge in [0.05, 0.1) is 11.6 Å². The van der Waals surface area contributed by atoms with Crippen molar-refractivity contribution in [1.82, 2.24) is 15.2 Å². The number of hydrogen-bond acceptors (Lipinski definition) is 6. The zero-order chi connectivity index (χ0) is 13.1. The third-order valence-corrected chi connectivity index (χ3v) is 4.24. The van der Waals surface area contributed by atoms with Crippen LogP contribution in [-0.2, 0) is 5.88 Å². The summed E-state index contributed by atoms with van der Waals surface area (Å²) in [6.45, 7) is 3.81. The Hall–Kier alpha value is -1.40. The van der Waals surface area contributed by atoms with E-state index < -0.39 is 0 Å². The smallest absolute Gasteiger partial charge is 0.185 e. The molecule has 0 bridgehead atoms. The van der Waals surface area contributed by atoms with Gasteiger partial charge in [-0.25, -0.2) is 4.98 Å². The number of anilines is 2. The highest BCUT2D eigenvalue weighted by atomic mass is 35.5. The minimum Gasteiger partial charge on any atom is -0.352 e. The Morgan fingerprint density at radius 3 is 2.47 bits per heavy atom. The Morgan fingerprint density at radius 2 is 1.89 bits per heavy atom. The van der Waals surface area contributed by atoms with E-state index in [2.05, 4.69) is 25.0 Å². The minimum atomic E-state index is 0.408. The van der Waals surface area contributed by atoms with Crippen molar-refractivity contribution in [3.63, 3.8) is 0 Å². The highest BCUT2D eigenvalue weighted by Crippen LogP contribution is 2.20.